The molecule has 1 heterocycles. The molecule has 1 aromatic heterocycles. The molecular formula is C11H23N3Si2. The highest BCUT2D eigenvalue weighted by Crippen LogP contribution is 2.15. The Hall–Kier alpha value is -0.816. The molecule has 0 unspecified atom stereocenters. The van der Waals surface area contributed by atoms with E-state index in [1.807, 2.05) is 6.20 Å². The van der Waals surface area contributed by atoms with Gasteiger partial charge in [0.25, 0.3) is 0 Å². The number of hydrogen-bond acceptors (Lipinski definition) is 3. The molecule has 0 radical (unpaired) electrons. The lowest BCUT2D eigenvalue weighted by Crippen LogP contribution is -2.33. The highest BCUT2D eigenvalue weighted by molar-refractivity contribution is 6.79. The zero-order valence-corrected chi connectivity index (χ0v) is 13.2. The van der Waals surface area contributed by atoms with Crippen molar-refractivity contribution in [1.29, 1.82) is 0 Å². The number of hydrogen-bond donors (Lipinski definition) is 2. The number of nitrogens with zero attached hydrogens (tertiary/aromatic N) is 1. The summed E-state index contributed by atoms with van der Waals surface area (Å²) >= 11 is 0. The standard InChI is InChI=1S/C11H23N3Si2/c1-15(2,3)13-10-7-8-11(12-9-10)14-16(4,5)6/h7-9,13H,1-6H3,(H,12,14). The second-order valence-electron chi connectivity index (χ2n) is 6.18. The minimum Gasteiger partial charge on any atom is -0.410 e. The molecule has 0 saturated heterocycles. The van der Waals surface area contributed by atoms with Crippen molar-refractivity contribution in [3.63, 3.8) is 0 Å². The zero-order chi connectivity index (χ0) is 12.4. The third-order valence-electron chi connectivity index (χ3n) is 1.79. The molecule has 0 atom stereocenters. The number of pyridine rings is 1. The van der Waals surface area contributed by atoms with Crippen molar-refractivity contribution in [1.82, 2.24) is 4.98 Å². The van der Waals surface area contributed by atoms with Crippen LogP contribution in [0.25, 0.3) is 0 Å². The Balaban J connectivity index is 2.69. The fraction of sp³-hybridized carbons (Fsp3) is 0.545. The number of nitrogens with one attached hydrogen (secondary N) is 2. The lowest BCUT2D eigenvalue weighted by atomic mass is 10.4. The van der Waals surface area contributed by atoms with Gasteiger partial charge >= 0.3 is 0 Å². The molecule has 5 heteroatoms. The largest absolute Gasteiger partial charge is 0.410 e. The molecule has 0 aliphatic heterocycles. The van der Waals surface area contributed by atoms with Crippen LogP contribution in [0.15, 0.2) is 18.3 Å². The summed E-state index contributed by atoms with van der Waals surface area (Å²) in [4.78, 5) is 11.4. The van der Waals surface area contributed by atoms with Crippen molar-refractivity contribution in [2.75, 3.05) is 9.96 Å². The molecule has 2 N–H and O–H groups in total. The van der Waals surface area contributed by atoms with Crippen LogP contribution in [0.1, 0.15) is 0 Å². The Morgan fingerprint density at radius 2 is 1.44 bits per heavy atom. The van der Waals surface area contributed by atoms with Crippen molar-refractivity contribution in [2.24, 2.45) is 0 Å². The van der Waals surface area contributed by atoms with E-state index in [4.69, 9.17) is 0 Å². The van der Waals surface area contributed by atoms with Crippen LogP contribution in [-0.2, 0) is 0 Å². The summed E-state index contributed by atoms with van der Waals surface area (Å²) in [5.41, 5.74) is 1.13. The first-order chi connectivity index (χ1) is 7.16. The maximum absolute atomic E-state index is 4.43. The van der Waals surface area contributed by atoms with E-state index in [0.717, 1.165) is 11.5 Å². The van der Waals surface area contributed by atoms with Gasteiger partial charge < -0.3 is 9.96 Å². The molecule has 0 aliphatic rings. The Morgan fingerprint density at radius 3 is 1.81 bits per heavy atom. The Labute approximate surface area is 101 Å². The SMILES string of the molecule is C[Si](C)(C)Nc1ccc(N[Si](C)(C)C)nc1. The normalized spacial score (nSPS) is 12.4. The van der Waals surface area contributed by atoms with E-state index in [1.54, 1.807) is 0 Å². The van der Waals surface area contributed by atoms with E-state index in [1.165, 1.54) is 0 Å². The molecule has 1 aromatic rings. The van der Waals surface area contributed by atoms with Crippen molar-refractivity contribution in [3.05, 3.63) is 18.3 Å². The average molecular weight is 253 g/mol. The lowest BCUT2D eigenvalue weighted by molar-refractivity contribution is 1.31. The third kappa shape index (κ3) is 5.32. The molecule has 0 fully saturated rings. The Bertz CT molecular complexity index is 301. The van der Waals surface area contributed by atoms with Gasteiger partial charge in [-0.2, -0.15) is 0 Å². The molecular weight excluding hydrogens is 230 g/mol. The number of anilines is 2. The molecule has 90 valence electrons. The van der Waals surface area contributed by atoms with E-state index in [2.05, 4.69) is 66.4 Å². The van der Waals surface area contributed by atoms with E-state index < -0.39 is 16.5 Å². The van der Waals surface area contributed by atoms with Crippen molar-refractivity contribution >= 4 is 28.0 Å². The van der Waals surface area contributed by atoms with Gasteiger partial charge in [-0.25, -0.2) is 4.98 Å². The summed E-state index contributed by atoms with van der Waals surface area (Å²) in [6.07, 6.45) is 1.92. The van der Waals surface area contributed by atoms with Crippen LogP contribution >= 0.6 is 0 Å². The van der Waals surface area contributed by atoms with Crippen LogP contribution in [-0.4, -0.2) is 21.5 Å². The Kier molecular flexibility index (Phi) is 3.80. The minimum absolute atomic E-state index is 0.986. The fourth-order valence-corrected chi connectivity index (χ4v) is 3.29. The highest BCUT2D eigenvalue weighted by Gasteiger charge is 2.15. The van der Waals surface area contributed by atoms with Crippen LogP contribution in [0.3, 0.4) is 0 Å². The third-order valence-corrected chi connectivity index (χ3v) is 3.83. The second-order valence-corrected chi connectivity index (χ2v) is 15.7. The Morgan fingerprint density at radius 1 is 0.875 bits per heavy atom. The summed E-state index contributed by atoms with van der Waals surface area (Å²) in [5, 5.41) is 0. The van der Waals surface area contributed by atoms with Gasteiger partial charge in [0.1, 0.15) is 22.3 Å². The van der Waals surface area contributed by atoms with Crippen molar-refractivity contribution in [2.45, 2.75) is 39.3 Å². The van der Waals surface area contributed by atoms with Gasteiger partial charge in [0.2, 0.25) is 0 Å². The van der Waals surface area contributed by atoms with E-state index >= 15 is 0 Å². The quantitative estimate of drug-likeness (QED) is 0.806. The molecule has 1 rings (SSSR count). The van der Waals surface area contributed by atoms with Crippen LogP contribution < -0.4 is 9.96 Å². The van der Waals surface area contributed by atoms with Crippen molar-refractivity contribution in [3.8, 4) is 0 Å². The van der Waals surface area contributed by atoms with Gasteiger partial charge in [-0.05, 0) is 12.1 Å². The first-order valence-corrected chi connectivity index (χ1v) is 12.7. The topological polar surface area (TPSA) is 37.0 Å². The summed E-state index contributed by atoms with van der Waals surface area (Å²) in [7, 11) is -2.55. The van der Waals surface area contributed by atoms with Crippen LogP contribution in [0.4, 0.5) is 11.5 Å². The van der Waals surface area contributed by atoms with Gasteiger partial charge in [-0.3, -0.25) is 0 Å². The molecule has 0 bridgehead atoms. The van der Waals surface area contributed by atoms with Gasteiger partial charge in [-0.15, -0.1) is 0 Å². The molecule has 0 saturated carbocycles. The molecule has 0 spiro atoms. The summed E-state index contributed by atoms with van der Waals surface area (Å²) in [5.74, 6) is 0.986. The predicted molar refractivity (Wildman–Crippen MR) is 78.2 cm³/mol. The van der Waals surface area contributed by atoms with Crippen molar-refractivity contribution < 1.29 is 0 Å². The number of aromatic nitrogens is 1. The molecule has 0 amide bonds. The van der Waals surface area contributed by atoms with E-state index in [0.29, 0.717) is 0 Å². The lowest BCUT2D eigenvalue weighted by Gasteiger charge is -2.21. The van der Waals surface area contributed by atoms with E-state index in [-0.39, 0.29) is 0 Å². The smallest absolute Gasteiger partial charge is 0.145 e. The highest BCUT2D eigenvalue weighted by atomic mass is 28.3. The van der Waals surface area contributed by atoms with Crippen LogP contribution in [0.5, 0.6) is 0 Å². The first-order valence-electron chi connectivity index (χ1n) is 5.68. The fourth-order valence-electron chi connectivity index (χ4n) is 1.36. The average Bonchev–Trinajstić information content (AvgIpc) is 2.03. The molecule has 16 heavy (non-hydrogen) atoms. The summed E-state index contributed by atoms with van der Waals surface area (Å²) in [6, 6.07) is 4.16. The summed E-state index contributed by atoms with van der Waals surface area (Å²) < 4.78 is 0. The molecule has 3 nitrogen and oxygen atoms in total. The molecule has 0 aliphatic carbocycles. The monoisotopic (exact) mass is 253 g/mol. The van der Waals surface area contributed by atoms with Gasteiger partial charge in [0, 0.05) is 5.69 Å². The minimum atomic E-state index is -1.29. The van der Waals surface area contributed by atoms with Gasteiger partial charge in [0.15, 0.2) is 0 Å². The first kappa shape index (κ1) is 13.2. The maximum Gasteiger partial charge on any atom is 0.145 e. The predicted octanol–water partition coefficient (Wildman–Crippen LogP) is 3.58. The van der Waals surface area contributed by atoms with Crippen LogP contribution in [0, 0.1) is 0 Å². The second kappa shape index (κ2) is 4.59. The maximum atomic E-state index is 4.43. The molecule has 0 aromatic carbocycles. The summed E-state index contributed by atoms with van der Waals surface area (Å²) in [6.45, 7) is 13.6. The van der Waals surface area contributed by atoms with Gasteiger partial charge in [-0.1, -0.05) is 39.3 Å². The van der Waals surface area contributed by atoms with Crippen LogP contribution in [0.2, 0.25) is 39.3 Å². The van der Waals surface area contributed by atoms with Gasteiger partial charge in [0.05, 0.1) is 6.20 Å². The number of rotatable bonds is 4. The zero-order valence-electron chi connectivity index (χ0n) is 11.2. The van der Waals surface area contributed by atoms with E-state index in [9.17, 15) is 0 Å².